The fourth-order valence-electron chi connectivity index (χ4n) is 1.57. The van der Waals surface area contributed by atoms with Gasteiger partial charge in [0.15, 0.2) is 0 Å². The monoisotopic (exact) mass is 301 g/mol. The second-order valence-corrected chi connectivity index (χ2v) is 4.38. The Morgan fingerprint density at radius 2 is 1.95 bits per heavy atom. The van der Waals surface area contributed by atoms with Crippen molar-refractivity contribution in [3.63, 3.8) is 0 Å². The van der Waals surface area contributed by atoms with Gasteiger partial charge in [0, 0.05) is 18.4 Å². The first-order valence-electron chi connectivity index (χ1n) is 7.04. The minimum Gasteiger partial charge on any atom is -0.462 e. The SMILES string of the molecule is CCCN/C=C(/C#N)C(=O)Nc1ccc(C(=O)OCC)cc1. The lowest BCUT2D eigenvalue weighted by Crippen LogP contribution is -2.17. The highest BCUT2D eigenvalue weighted by atomic mass is 16.5. The Hall–Kier alpha value is -2.81. The summed E-state index contributed by atoms with van der Waals surface area (Å²) in [4.78, 5) is 23.4. The Labute approximate surface area is 129 Å². The number of hydrogen-bond donors (Lipinski definition) is 2. The van der Waals surface area contributed by atoms with Crippen molar-refractivity contribution in [2.75, 3.05) is 18.5 Å². The maximum atomic E-state index is 11.9. The van der Waals surface area contributed by atoms with Gasteiger partial charge in [-0.2, -0.15) is 5.26 Å². The normalized spacial score (nSPS) is 10.5. The molecule has 0 fully saturated rings. The summed E-state index contributed by atoms with van der Waals surface area (Å²) in [7, 11) is 0. The van der Waals surface area contributed by atoms with Crippen molar-refractivity contribution in [3.05, 3.63) is 41.6 Å². The van der Waals surface area contributed by atoms with Crippen molar-refractivity contribution >= 4 is 17.6 Å². The van der Waals surface area contributed by atoms with Gasteiger partial charge in [-0.3, -0.25) is 4.79 Å². The number of amides is 1. The number of benzene rings is 1. The molecule has 1 aromatic carbocycles. The third-order valence-corrected chi connectivity index (χ3v) is 2.66. The minimum absolute atomic E-state index is 0.0112. The van der Waals surface area contributed by atoms with E-state index in [1.54, 1.807) is 31.2 Å². The fraction of sp³-hybridized carbons (Fsp3) is 0.312. The van der Waals surface area contributed by atoms with Gasteiger partial charge in [0.2, 0.25) is 0 Å². The van der Waals surface area contributed by atoms with Crippen molar-refractivity contribution in [3.8, 4) is 6.07 Å². The molecule has 22 heavy (non-hydrogen) atoms. The van der Waals surface area contributed by atoms with Crippen LogP contribution in [0.25, 0.3) is 0 Å². The molecule has 6 nitrogen and oxygen atoms in total. The number of nitrogens with zero attached hydrogens (tertiary/aromatic N) is 1. The van der Waals surface area contributed by atoms with E-state index in [9.17, 15) is 9.59 Å². The molecular formula is C16H19N3O3. The lowest BCUT2D eigenvalue weighted by molar-refractivity contribution is -0.112. The van der Waals surface area contributed by atoms with Crippen molar-refractivity contribution < 1.29 is 14.3 Å². The van der Waals surface area contributed by atoms with E-state index in [2.05, 4.69) is 10.6 Å². The summed E-state index contributed by atoms with van der Waals surface area (Å²) in [6.07, 6.45) is 2.29. The number of nitriles is 1. The Morgan fingerprint density at radius 3 is 2.50 bits per heavy atom. The van der Waals surface area contributed by atoms with Gasteiger partial charge in [-0.05, 0) is 37.6 Å². The molecule has 1 rings (SSSR count). The number of anilines is 1. The minimum atomic E-state index is -0.505. The van der Waals surface area contributed by atoms with Crippen molar-refractivity contribution in [2.24, 2.45) is 0 Å². The third-order valence-electron chi connectivity index (χ3n) is 2.66. The second-order valence-electron chi connectivity index (χ2n) is 4.38. The lowest BCUT2D eigenvalue weighted by atomic mass is 10.2. The standard InChI is InChI=1S/C16H19N3O3/c1-3-9-18-11-13(10-17)15(20)19-14-7-5-12(6-8-14)16(21)22-4-2/h5-8,11,18H,3-4,9H2,1-2H3,(H,19,20)/b13-11-. The summed E-state index contributed by atoms with van der Waals surface area (Å²) in [5, 5.41) is 14.4. The van der Waals surface area contributed by atoms with Crippen LogP contribution in [0.15, 0.2) is 36.0 Å². The second kappa shape index (κ2) is 9.19. The van der Waals surface area contributed by atoms with Gasteiger partial charge in [0.05, 0.1) is 12.2 Å². The topological polar surface area (TPSA) is 91.2 Å². The molecule has 0 saturated carbocycles. The van der Waals surface area contributed by atoms with E-state index in [1.165, 1.54) is 6.20 Å². The Kier molecular flexibility index (Phi) is 7.20. The van der Waals surface area contributed by atoms with Gasteiger partial charge < -0.3 is 15.4 Å². The molecule has 0 aromatic heterocycles. The molecule has 116 valence electrons. The zero-order chi connectivity index (χ0) is 16.4. The summed E-state index contributed by atoms with van der Waals surface area (Å²) in [5.74, 6) is -0.920. The van der Waals surface area contributed by atoms with Crippen LogP contribution in [0.4, 0.5) is 5.69 Å². The van der Waals surface area contributed by atoms with Crippen LogP contribution in [-0.2, 0) is 9.53 Å². The van der Waals surface area contributed by atoms with Gasteiger partial charge in [0.1, 0.15) is 11.6 Å². The van der Waals surface area contributed by atoms with Crippen LogP contribution < -0.4 is 10.6 Å². The smallest absolute Gasteiger partial charge is 0.338 e. The summed E-state index contributed by atoms with van der Waals surface area (Å²) in [5.41, 5.74) is 0.887. The highest BCUT2D eigenvalue weighted by Crippen LogP contribution is 2.11. The number of rotatable bonds is 7. The van der Waals surface area contributed by atoms with Crippen molar-refractivity contribution in [2.45, 2.75) is 20.3 Å². The Morgan fingerprint density at radius 1 is 1.27 bits per heavy atom. The predicted octanol–water partition coefficient (Wildman–Crippen LogP) is 2.21. The third kappa shape index (κ3) is 5.29. The number of hydrogen-bond acceptors (Lipinski definition) is 5. The zero-order valence-corrected chi connectivity index (χ0v) is 12.7. The van der Waals surface area contributed by atoms with Gasteiger partial charge in [-0.25, -0.2) is 4.79 Å². The summed E-state index contributed by atoms with van der Waals surface area (Å²) < 4.78 is 4.87. The average molecular weight is 301 g/mol. The van der Waals surface area contributed by atoms with Gasteiger partial charge in [0.25, 0.3) is 5.91 Å². The van der Waals surface area contributed by atoms with Gasteiger partial charge >= 0.3 is 5.97 Å². The van der Waals surface area contributed by atoms with E-state index >= 15 is 0 Å². The largest absolute Gasteiger partial charge is 0.462 e. The molecule has 0 heterocycles. The first-order chi connectivity index (χ1) is 10.6. The van der Waals surface area contributed by atoms with Crippen LogP contribution in [0.3, 0.4) is 0 Å². The molecule has 1 aromatic rings. The van der Waals surface area contributed by atoms with Gasteiger partial charge in [-0.1, -0.05) is 6.92 Å². The van der Waals surface area contributed by atoms with Crippen LogP contribution in [0.1, 0.15) is 30.6 Å². The summed E-state index contributed by atoms with van der Waals surface area (Å²) in [6.45, 7) is 4.71. The maximum absolute atomic E-state index is 11.9. The van der Waals surface area contributed by atoms with E-state index in [4.69, 9.17) is 10.00 Å². The summed E-state index contributed by atoms with van der Waals surface area (Å²) in [6, 6.07) is 8.11. The first-order valence-corrected chi connectivity index (χ1v) is 7.04. The van der Waals surface area contributed by atoms with Crippen LogP contribution in [-0.4, -0.2) is 25.0 Å². The van der Waals surface area contributed by atoms with Crippen LogP contribution in [0, 0.1) is 11.3 Å². The molecule has 0 aliphatic heterocycles. The Bertz CT molecular complexity index is 586. The highest BCUT2D eigenvalue weighted by molar-refractivity contribution is 6.06. The summed E-state index contributed by atoms with van der Waals surface area (Å²) >= 11 is 0. The molecular weight excluding hydrogens is 282 g/mol. The van der Waals surface area contributed by atoms with E-state index in [1.807, 2.05) is 13.0 Å². The molecule has 0 unspecified atom stereocenters. The highest BCUT2D eigenvalue weighted by Gasteiger charge is 2.10. The molecule has 0 radical (unpaired) electrons. The van der Waals surface area contributed by atoms with E-state index < -0.39 is 11.9 Å². The molecule has 0 spiro atoms. The zero-order valence-electron chi connectivity index (χ0n) is 12.7. The van der Waals surface area contributed by atoms with E-state index in [0.29, 0.717) is 24.4 Å². The predicted molar refractivity (Wildman–Crippen MR) is 83.0 cm³/mol. The number of esters is 1. The first kappa shape index (κ1) is 17.2. The number of nitrogens with one attached hydrogen (secondary N) is 2. The fourth-order valence-corrected chi connectivity index (χ4v) is 1.57. The number of carbonyl (C=O) groups excluding carboxylic acids is 2. The van der Waals surface area contributed by atoms with Gasteiger partial charge in [-0.15, -0.1) is 0 Å². The number of carbonyl (C=O) groups is 2. The lowest BCUT2D eigenvalue weighted by Gasteiger charge is -2.06. The quantitative estimate of drug-likeness (QED) is 0.349. The maximum Gasteiger partial charge on any atom is 0.338 e. The number of ether oxygens (including phenoxy) is 1. The Balaban J connectivity index is 2.70. The molecule has 0 bridgehead atoms. The molecule has 6 heteroatoms. The van der Waals surface area contributed by atoms with Crippen LogP contribution in [0.2, 0.25) is 0 Å². The van der Waals surface area contributed by atoms with E-state index in [-0.39, 0.29) is 5.57 Å². The molecule has 2 N–H and O–H groups in total. The van der Waals surface area contributed by atoms with E-state index in [0.717, 1.165) is 6.42 Å². The van der Waals surface area contributed by atoms with Crippen molar-refractivity contribution in [1.29, 1.82) is 5.26 Å². The molecule has 0 aliphatic rings. The molecule has 0 atom stereocenters. The van der Waals surface area contributed by atoms with Crippen LogP contribution >= 0.6 is 0 Å². The molecule has 0 saturated heterocycles. The van der Waals surface area contributed by atoms with Crippen LogP contribution in [0.5, 0.6) is 0 Å². The average Bonchev–Trinajstić information content (AvgIpc) is 2.52. The molecule has 1 amide bonds. The molecule has 0 aliphatic carbocycles. The van der Waals surface area contributed by atoms with Crippen molar-refractivity contribution in [1.82, 2.24) is 5.32 Å².